The lowest BCUT2D eigenvalue weighted by Crippen LogP contribution is -2.42. The highest BCUT2D eigenvalue weighted by molar-refractivity contribution is 5.79. The van der Waals surface area contributed by atoms with Gasteiger partial charge in [0, 0.05) is 32.5 Å². The van der Waals surface area contributed by atoms with Gasteiger partial charge in [-0.25, -0.2) is 0 Å². The standard InChI is InChI=1S/C11H21N3O2/c1-13-11(16)9-4-7-14(8-5-9)10(15)3-2-6-12/h9H,2-8,12H2,1H3,(H,13,16). The molecule has 1 rings (SSSR count). The molecule has 5 heteroatoms. The lowest BCUT2D eigenvalue weighted by molar-refractivity contribution is -0.135. The summed E-state index contributed by atoms with van der Waals surface area (Å²) in [4.78, 5) is 24.9. The smallest absolute Gasteiger partial charge is 0.222 e. The van der Waals surface area contributed by atoms with E-state index in [1.165, 1.54) is 0 Å². The number of piperidine rings is 1. The van der Waals surface area contributed by atoms with Gasteiger partial charge in [0.25, 0.3) is 0 Å². The van der Waals surface area contributed by atoms with Crippen molar-refractivity contribution in [3.63, 3.8) is 0 Å². The van der Waals surface area contributed by atoms with Gasteiger partial charge in [0.1, 0.15) is 0 Å². The molecule has 1 aliphatic rings. The van der Waals surface area contributed by atoms with Gasteiger partial charge in [-0.2, -0.15) is 0 Å². The number of nitrogens with two attached hydrogens (primary N) is 1. The number of amides is 2. The fourth-order valence-corrected chi connectivity index (χ4v) is 2.01. The number of hydrogen-bond donors (Lipinski definition) is 2. The van der Waals surface area contributed by atoms with Crippen molar-refractivity contribution in [1.29, 1.82) is 0 Å². The van der Waals surface area contributed by atoms with Crippen molar-refractivity contribution >= 4 is 11.8 Å². The second-order valence-electron chi connectivity index (χ2n) is 4.16. The molecule has 0 saturated carbocycles. The molecular formula is C11H21N3O2. The number of carbonyl (C=O) groups excluding carboxylic acids is 2. The quantitative estimate of drug-likeness (QED) is 0.693. The van der Waals surface area contributed by atoms with Gasteiger partial charge in [-0.05, 0) is 25.8 Å². The fourth-order valence-electron chi connectivity index (χ4n) is 2.01. The van der Waals surface area contributed by atoms with Crippen LogP contribution in [0.4, 0.5) is 0 Å². The van der Waals surface area contributed by atoms with E-state index in [4.69, 9.17) is 5.73 Å². The van der Waals surface area contributed by atoms with E-state index >= 15 is 0 Å². The van der Waals surface area contributed by atoms with E-state index in [-0.39, 0.29) is 17.7 Å². The van der Waals surface area contributed by atoms with Crippen LogP contribution in [0.25, 0.3) is 0 Å². The Labute approximate surface area is 96.4 Å². The molecule has 5 nitrogen and oxygen atoms in total. The summed E-state index contributed by atoms with van der Waals surface area (Å²) in [6.45, 7) is 1.95. The molecule has 0 aliphatic carbocycles. The summed E-state index contributed by atoms with van der Waals surface area (Å²) in [6, 6.07) is 0. The van der Waals surface area contributed by atoms with E-state index in [2.05, 4.69) is 5.32 Å². The van der Waals surface area contributed by atoms with E-state index in [0.717, 1.165) is 19.3 Å². The minimum Gasteiger partial charge on any atom is -0.359 e. The van der Waals surface area contributed by atoms with Gasteiger partial charge in [0.2, 0.25) is 11.8 Å². The van der Waals surface area contributed by atoms with E-state index in [1.807, 2.05) is 4.90 Å². The Morgan fingerprint density at radius 1 is 1.38 bits per heavy atom. The first-order valence-electron chi connectivity index (χ1n) is 5.88. The number of carbonyl (C=O) groups is 2. The topological polar surface area (TPSA) is 75.4 Å². The Kier molecular flexibility index (Phi) is 5.25. The first-order valence-corrected chi connectivity index (χ1v) is 5.88. The van der Waals surface area contributed by atoms with Crippen molar-refractivity contribution in [1.82, 2.24) is 10.2 Å². The van der Waals surface area contributed by atoms with Crippen LogP contribution in [0.15, 0.2) is 0 Å². The largest absolute Gasteiger partial charge is 0.359 e. The highest BCUT2D eigenvalue weighted by Crippen LogP contribution is 2.17. The molecule has 1 fully saturated rings. The Bertz CT molecular complexity index is 248. The number of nitrogens with zero attached hydrogens (tertiary/aromatic N) is 1. The van der Waals surface area contributed by atoms with Crippen LogP contribution in [0.1, 0.15) is 25.7 Å². The molecule has 92 valence electrons. The Morgan fingerprint density at radius 3 is 2.50 bits per heavy atom. The van der Waals surface area contributed by atoms with Gasteiger partial charge in [-0.15, -0.1) is 0 Å². The maximum Gasteiger partial charge on any atom is 0.222 e. The Balaban J connectivity index is 2.31. The van der Waals surface area contributed by atoms with Crippen LogP contribution >= 0.6 is 0 Å². The van der Waals surface area contributed by atoms with Gasteiger partial charge in [0.15, 0.2) is 0 Å². The Morgan fingerprint density at radius 2 is 2.00 bits per heavy atom. The highest BCUT2D eigenvalue weighted by Gasteiger charge is 2.26. The summed E-state index contributed by atoms with van der Waals surface area (Å²) in [6.07, 6.45) is 2.82. The van der Waals surface area contributed by atoms with E-state index < -0.39 is 0 Å². The maximum absolute atomic E-state index is 11.7. The SMILES string of the molecule is CNC(=O)C1CCN(C(=O)CCCN)CC1. The van der Waals surface area contributed by atoms with Crippen molar-refractivity contribution in [2.24, 2.45) is 11.7 Å². The average Bonchev–Trinajstić information content (AvgIpc) is 2.35. The van der Waals surface area contributed by atoms with E-state index in [0.29, 0.717) is 26.1 Å². The molecule has 1 heterocycles. The number of rotatable bonds is 4. The third-order valence-corrected chi connectivity index (χ3v) is 3.06. The summed E-state index contributed by atoms with van der Waals surface area (Å²) in [5.41, 5.74) is 5.36. The number of hydrogen-bond acceptors (Lipinski definition) is 3. The first kappa shape index (κ1) is 13.0. The molecule has 1 aliphatic heterocycles. The summed E-state index contributed by atoms with van der Waals surface area (Å²) >= 11 is 0. The predicted molar refractivity (Wildman–Crippen MR) is 61.7 cm³/mol. The van der Waals surface area contributed by atoms with Crippen molar-refractivity contribution in [2.75, 3.05) is 26.7 Å². The number of likely N-dealkylation sites (tertiary alicyclic amines) is 1. The first-order chi connectivity index (χ1) is 7.69. The summed E-state index contributed by atoms with van der Waals surface area (Å²) < 4.78 is 0. The lowest BCUT2D eigenvalue weighted by Gasteiger charge is -2.31. The van der Waals surface area contributed by atoms with Crippen LogP contribution < -0.4 is 11.1 Å². The molecule has 3 N–H and O–H groups in total. The molecule has 0 aromatic carbocycles. The molecule has 0 spiro atoms. The van der Waals surface area contributed by atoms with Crippen molar-refractivity contribution < 1.29 is 9.59 Å². The molecule has 2 amide bonds. The molecule has 1 saturated heterocycles. The van der Waals surface area contributed by atoms with Crippen molar-refractivity contribution in [3.05, 3.63) is 0 Å². The zero-order valence-corrected chi connectivity index (χ0v) is 9.87. The summed E-state index contributed by atoms with van der Waals surface area (Å²) in [5, 5.41) is 2.65. The molecule has 16 heavy (non-hydrogen) atoms. The molecule has 0 atom stereocenters. The van der Waals surface area contributed by atoms with Crippen molar-refractivity contribution in [3.8, 4) is 0 Å². The van der Waals surface area contributed by atoms with E-state index in [9.17, 15) is 9.59 Å². The minimum atomic E-state index is 0.0727. The zero-order valence-electron chi connectivity index (χ0n) is 9.87. The zero-order chi connectivity index (χ0) is 12.0. The van der Waals surface area contributed by atoms with Gasteiger partial charge >= 0.3 is 0 Å². The van der Waals surface area contributed by atoms with Gasteiger partial charge in [0.05, 0.1) is 0 Å². The molecule has 0 radical (unpaired) electrons. The van der Waals surface area contributed by atoms with E-state index in [1.54, 1.807) is 7.05 Å². The molecule has 0 aromatic rings. The maximum atomic E-state index is 11.7. The predicted octanol–water partition coefficient (Wildman–Crippen LogP) is -0.290. The summed E-state index contributed by atoms with van der Waals surface area (Å²) in [5.74, 6) is 0.332. The monoisotopic (exact) mass is 227 g/mol. The molecule has 0 aromatic heterocycles. The third-order valence-electron chi connectivity index (χ3n) is 3.06. The normalized spacial score (nSPS) is 17.2. The molecule has 0 unspecified atom stereocenters. The van der Waals surface area contributed by atoms with Gasteiger partial charge in [-0.1, -0.05) is 0 Å². The van der Waals surface area contributed by atoms with Gasteiger partial charge in [-0.3, -0.25) is 9.59 Å². The van der Waals surface area contributed by atoms with Crippen LogP contribution in [0.5, 0.6) is 0 Å². The number of nitrogens with one attached hydrogen (secondary N) is 1. The second-order valence-corrected chi connectivity index (χ2v) is 4.16. The van der Waals surface area contributed by atoms with Crippen LogP contribution in [0, 0.1) is 5.92 Å². The fraction of sp³-hybridized carbons (Fsp3) is 0.818. The van der Waals surface area contributed by atoms with Crippen LogP contribution in [-0.2, 0) is 9.59 Å². The lowest BCUT2D eigenvalue weighted by atomic mass is 9.96. The average molecular weight is 227 g/mol. The van der Waals surface area contributed by atoms with Crippen LogP contribution in [0.2, 0.25) is 0 Å². The van der Waals surface area contributed by atoms with Crippen molar-refractivity contribution in [2.45, 2.75) is 25.7 Å². The summed E-state index contributed by atoms with van der Waals surface area (Å²) in [7, 11) is 1.65. The molecular weight excluding hydrogens is 206 g/mol. The van der Waals surface area contributed by atoms with Crippen LogP contribution in [-0.4, -0.2) is 43.4 Å². The minimum absolute atomic E-state index is 0.0727. The second kappa shape index (κ2) is 6.48. The van der Waals surface area contributed by atoms with Gasteiger partial charge < -0.3 is 16.0 Å². The third kappa shape index (κ3) is 3.48. The molecule has 0 bridgehead atoms. The van der Waals surface area contributed by atoms with Crippen LogP contribution in [0.3, 0.4) is 0 Å². The Hall–Kier alpha value is -1.10. The highest BCUT2D eigenvalue weighted by atomic mass is 16.2.